The summed E-state index contributed by atoms with van der Waals surface area (Å²) in [5.74, 6) is -0.348. The average Bonchev–Trinajstić information content (AvgIpc) is 3.38. The summed E-state index contributed by atoms with van der Waals surface area (Å²) in [6.45, 7) is 0. The van der Waals surface area contributed by atoms with E-state index in [0.29, 0.717) is 16.9 Å². The molecule has 0 bridgehead atoms. The van der Waals surface area contributed by atoms with Crippen LogP contribution in [-0.2, 0) is 10.0 Å². The van der Waals surface area contributed by atoms with Crippen LogP contribution in [0.4, 0.5) is 5.69 Å². The van der Waals surface area contributed by atoms with Gasteiger partial charge in [-0.25, -0.2) is 18.2 Å². The van der Waals surface area contributed by atoms with Gasteiger partial charge in [0.1, 0.15) is 5.69 Å². The molecule has 0 saturated heterocycles. The summed E-state index contributed by atoms with van der Waals surface area (Å²) in [5.41, 5.74) is 2.27. The number of amides is 1. The highest BCUT2D eigenvalue weighted by Crippen LogP contribution is 2.28. The molecule has 0 spiro atoms. The normalized spacial score (nSPS) is 11.0. The van der Waals surface area contributed by atoms with Crippen molar-refractivity contribution in [3.05, 3.63) is 83.9 Å². The first-order valence-corrected chi connectivity index (χ1v) is 11.0. The quantitative estimate of drug-likeness (QED) is 0.486. The molecule has 2 aromatic carbocycles. The second-order valence-corrected chi connectivity index (χ2v) is 8.68. The van der Waals surface area contributed by atoms with E-state index in [-0.39, 0.29) is 18.2 Å². The summed E-state index contributed by atoms with van der Waals surface area (Å²) >= 11 is 1.49. The van der Waals surface area contributed by atoms with Crippen molar-refractivity contribution in [2.24, 2.45) is 5.14 Å². The number of primary sulfonamides is 1. The number of nitrogens with zero attached hydrogens (tertiary/aromatic N) is 2. The van der Waals surface area contributed by atoms with Gasteiger partial charge in [0.05, 0.1) is 21.0 Å². The fourth-order valence-corrected chi connectivity index (χ4v) is 4.01. The van der Waals surface area contributed by atoms with Gasteiger partial charge in [-0.3, -0.25) is 4.79 Å². The predicted octanol–water partition coefficient (Wildman–Crippen LogP) is 4.14. The minimum atomic E-state index is -3.79. The molecule has 154 valence electrons. The molecule has 3 N–H and O–H groups in total. The van der Waals surface area contributed by atoms with Crippen molar-refractivity contribution < 1.29 is 13.2 Å². The van der Waals surface area contributed by atoms with Crippen molar-refractivity contribution >= 4 is 33.0 Å². The Balaban J connectivity index is 0.00000256. The molecule has 0 aliphatic rings. The first-order valence-electron chi connectivity index (χ1n) is 8.55. The van der Waals surface area contributed by atoms with E-state index in [9.17, 15) is 13.2 Å². The third-order valence-corrected chi connectivity index (χ3v) is 5.98. The number of aromatic nitrogens is 2. The van der Waals surface area contributed by atoms with Crippen molar-refractivity contribution in [1.29, 1.82) is 0 Å². The van der Waals surface area contributed by atoms with Gasteiger partial charge in [0, 0.05) is 11.9 Å². The highest BCUT2D eigenvalue weighted by atomic mass is 32.2. The molecule has 0 saturated carbocycles. The molecule has 4 rings (SSSR count). The standard InChI is InChI=1S/C20H16N4O3S2.CH4/c21-29(26,27)16-10-8-14(9-11-16)22-20(25)17-13-24(15-5-2-1-3-6-15)23-19(17)18-7-4-12-28-18;/h1-13H,(H,22,25)(H2,21,26,27);1H4. The van der Waals surface area contributed by atoms with Crippen LogP contribution in [0.3, 0.4) is 0 Å². The molecule has 1 amide bonds. The summed E-state index contributed by atoms with van der Waals surface area (Å²) < 4.78 is 24.4. The lowest BCUT2D eigenvalue weighted by atomic mass is 10.2. The molecule has 0 unspecified atom stereocenters. The Hall–Kier alpha value is -3.27. The van der Waals surface area contributed by atoms with Crippen molar-refractivity contribution in [3.8, 4) is 16.3 Å². The van der Waals surface area contributed by atoms with Gasteiger partial charge in [-0.05, 0) is 47.8 Å². The van der Waals surface area contributed by atoms with E-state index in [1.165, 1.54) is 35.6 Å². The molecular formula is C21H20N4O3S2. The molecular weight excluding hydrogens is 420 g/mol. The molecule has 0 fully saturated rings. The molecule has 0 radical (unpaired) electrons. The van der Waals surface area contributed by atoms with Gasteiger partial charge in [-0.2, -0.15) is 5.10 Å². The Kier molecular flexibility index (Phi) is 6.16. The van der Waals surface area contributed by atoms with E-state index in [4.69, 9.17) is 5.14 Å². The molecule has 9 heteroatoms. The molecule has 2 aromatic heterocycles. The highest BCUT2D eigenvalue weighted by molar-refractivity contribution is 7.89. The molecule has 0 aliphatic heterocycles. The lowest BCUT2D eigenvalue weighted by Crippen LogP contribution is -2.14. The molecule has 30 heavy (non-hydrogen) atoms. The fourth-order valence-electron chi connectivity index (χ4n) is 2.77. The number of benzene rings is 2. The number of anilines is 1. The SMILES string of the molecule is C.NS(=O)(=O)c1ccc(NC(=O)c2cn(-c3ccccc3)nc2-c2cccs2)cc1. The van der Waals surface area contributed by atoms with Gasteiger partial charge < -0.3 is 5.32 Å². The Morgan fingerprint density at radius 1 is 1.00 bits per heavy atom. The summed E-state index contributed by atoms with van der Waals surface area (Å²) in [5, 5.41) is 14.4. The lowest BCUT2D eigenvalue weighted by Gasteiger charge is -2.06. The maximum absolute atomic E-state index is 13.0. The van der Waals surface area contributed by atoms with Crippen molar-refractivity contribution in [3.63, 3.8) is 0 Å². The third kappa shape index (κ3) is 4.48. The molecule has 4 aromatic rings. The van der Waals surface area contributed by atoms with Crippen LogP contribution >= 0.6 is 11.3 Å². The van der Waals surface area contributed by atoms with Crippen LogP contribution in [0.15, 0.2) is 83.2 Å². The van der Waals surface area contributed by atoms with Crippen LogP contribution in [0.25, 0.3) is 16.3 Å². The second-order valence-electron chi connectivity index (χ2n) is 6.17. The van der Waals surface area contributed by atoms with Crippen LogP contribution in [-0.4, -0.2) is 24.1 Å². The van der Waals surface area contributed by atoms with Gasteiger partial charge in [0.25, 0.3) is 5.91 Å². The monoisotopic (exact) mass is 440 g/mol. The first kappa shape index (κ1) is 21.4. The summed E-state index contributed by atoms with van der Waals surface area (Å²) in [6.07, 6.45) is 1.68. The van der Waals surface area contributed by atoms with Crippen molar-refractivity contribution in [2.75, 3.05) is 5.32 Å². The zero-order chi connectivity index (χ0) is 20.4. The lowest BCUT2D eigenvalue weighted by molar-refractivity contribution is 0.102. The topological polar surface area (TPSA) is 107 Å². The predicted molar refractivity (Wildman–Crippen MR) is 119 cm³/mol. The summed E-state index contributed by atoms with van der Waals surface area (Å²) in [4.78, 5) is 13.8. The number of carbonyl (C=O) groups is 1. The van der Waals surface area contributed by atoms with Crippen molar-refractivity contribution in [1.82, 2.24) is 9.78 Å². The van der Waals surface area contributed by atoms with Crippen LogP contribution in [0, 0.1) is 0 Å². The summed E-state index contributed by atoms with van der Waals surface area (Å²) in [6, 6.07) is 19.0. The number of hydrogen-bond acceptors (Lipinski definition) is 5. The third-order valence-electron chi connectivity index (χ3n) is 4.17. The van der Waals surface area contributed by atoms with Gasteiger partial charge in [-0.1, -0.05) is 31.7 Å². The number of rotatable bonds is 5. The number of sulfonamides is 1. The van der Waals surface area contributed by atoms with Crippen LogP contribution in [0.1, 0.15) is 17.8 Å². The molecule has 0 atom stereocenters. The van der Waals surface area contributed by atoms with Gasteiger partial charge in [0.15, 0.2) is 0 Å². The maximum Gasteiger partial charge on any atom is 0.259 e. The Labute approximate surface area is 178 Å². The highest BCUT2D eigenvalue weighted by Gasteiger charge is 2.20. The number of hydrogen-bond donors (Lipinski definition) is 2. The largest absolute Gasteiger partial charge is 0.322 e. The van der Waals surface area contributed by atoms with Gasteiger partial charge >= 0.3 is 0 Å². The zero-order valence-corrected chi connectivity index (χ0v) is 16.7. The van der Waals surface area contributed by atoms with E-state index >= 15 is 0 Å². The number of carbonyl (C=O) groups excluding carboxylic acids is 1. The van der Waals surface area contributed by atoms with E-state index in [1.54, 1.807) is 10.9 Å². The molecule has 0 aliphatic carbocycles. The number of thiophene rings is 1. The zero-order valence-electron chi connectivity index (χ0n) is 15.0. The molecule has 2 heterocycles. The first-order chi connectivity index (χ1) is 13.9. The summed E-state index contributed by atoms with van der Waals surface area (Å²) in [7, 11) is -3.79. The Morgan fingerprint density at radius 2 is 1.70 bits per heavy atom. The second kappa shape index (κ2) is 8.62. The fraction of sp³-hybridized carbons (Fsp3) is 0.0476. The van der Waals surface area contributed by atoms with Crippen LogP contribution < -0.4 is 10.5 Å². The molecule has 7 nitrogen and oxygen atoms in total. The van der Waals surface area contributed by atoms with E-state index in [2.05, 4.69) is 10.4 Å². The number of para-hydroxylation sites is 1. The average molecular weight is 441 g/mol. The van der Waals surface area contributed by atoms with Gasteiger partial charge in [-0.15, -0.1) is 11.3 Å². The van der Waals surface area contributed by atoms with Crippen LogP contribution in [0.5, 0.6) is 0 Å². The van der Waals surface area contributed by atoms with E-state index < -0.39 is 10.0 Å². The minimum Gasteiger partial charge on any atom is -0.322 e. The van der Waals surface area contributed by atoms with Crippen LogP contribution in [0.2, 0.25) is 0 Å². The minimum absolute atomic E-state index is 0. The van der Waals surface area contributed by atoms with Crippen molar-refractivity contribution in [2.45, 2.75) is 12.3 Å². The Morgan fingerprint density at radius 3 is 2.30 bits per heavy atom. The maximum atomic E-state index is 13.0. The van der Waals surface area contributed by atoms with Gasteiger partial charge in [0.2, 0.25) is 10.0 Å². The Bertz CT molecular complexity index is 1250. The smallest absolute Gasteiger partial charge is 0.259 e. The van der Waals surface area contributed by atoms with E-state index in [0.717, 1.165) is 10.6 Å². The number of nitrogens with two attached hydrogens (primary N) is 1. The number of nitrogens with one attached hydrogen (secondary N) is 1. The van der Waals surface area contributed by atoms with E-state index in [1.807, 2.05) is 47.8 Å².